The van der Waals surface area contributed by atoms with Gasteiger partial charge in [-0.25, -0.2) is 0 Å². The maximum atomic E-state index is 9.29. The molecular weight excluding hydrogens is 164 g/mol. The highest BCUT2D eigenvalue weighted by Crippen LogP contribution is 2.23. The summed E-state index contributed by atoms with van der Waals surface area (Å²) in [5.41, 5.74) is 0. The van der Waals surface area contributed by atoms with E-state index in [2.05, 4.69) is 11.8 Å². The van der Waals surface area contributed by atoms with Crippen molar-refractivity contribution in [2.45, 2.75) is 13.3 Å². The fourth-order valence-electron chi connectivity index (χ4n) is 0.869. The summed E-state index contributed by atoms with van der Waals surface area (Å²) in [6.07, 6.45) is 0.824. The van der Waals surface area contributed by atoms with Gasteiger partial charge >= 0.3 is 0 Å². The summed E-state index contributed by atoms with van der Waals surface area (Å²) in [6, 6.07) is 6.85. The van der Waals surface area contributed by atoms with Crippen molar-refractivity contribution in [3.8, 4) is 23.3 Å². The van der Waals surface area contributed by atoms with Crippen LogP contribution < -0.4 is 4.74 Å². The van der Waals surface area contributed by atoms with Crippen molar-refractivity contribution in [3.63, 3.8) is 0 Å². The first-order valence-corrected chi connectivity index (χ1v) is 4.21. The van der Waals surface area contributed by atoms with Crippen molar-refractivity contribution in [1.29, 1.82) is 0 Å². The van der Waals surface area contributed by atoms with Gasteiger partial charge in [-0.2, -0.15) is 0 Å². The van der Waals surface area contributed by atoms with Gasteiger partial charge < -0.3 is 9.84 Å². The minimum absolute atomic E-state index is 0.154. The number of phenols is 1. The fourth-order valence-corrected chi connectivity index (χ4v) is 0.869. The molecule has 0 radical (unpaired) electrons. The van der Waals surface area contributed by atoms with E-state index >= 15 is 0 Å². The van der Waals surface area contributed by atoms with E-state index in [1.807, 2.05) is 13.0 Å². The third-order valence-corrected chi connectivity index (χ3v) is 1.47. The van der Waals surface area contributed by atoms with Gasteiger partial charge in [0.1, 0.15) is 6.61 Å². The molecule has 0 amide bonds. The smallest absolute Gasteiger partial charge is 0.162 e. The summed E-state index contributed by atoms with van der Waals surface area (Å²) in [5.74, 6) is 6.34. The summed E-state index contributed by atoms with van der Waals surface area (Å²) in [6.45, 7) is 2.30. The number of hydrogen-bond acceptors (Lipinski definition) is 2. The average molecular weight is 176 g/mol. The maximum Gasteiger partial charge on any atom is 0.162 e. The van der Waals surface area contributed by atoms with Gasteiger partial charge in [0.2, 0.25) is 0 Å². The van der Waals surface area contributed by atoms with Gasteiger partial charge in [-0.15, -0.1) is 5.92 Å². The van der Waals surface area contributed by atoms with E-state index in [4.69, 9.17) is 4.74 Å². The van der Waals surface area contributed by atoms with Gasteiger partial charge in [-0.1, -0.05) is 25.0 Å². The fraction of sp³-hybridized carbons (Fsp3) is 0.273. The Kier molecular flexibility index (Phi) is 3.72. The van der Waals surface area contributed by atoms with E-state index in [9.17, 15) is 5.11 Å². The molecule has 0 fully saturated rings. The van der Waals surface area contributed by atoms with Crippen LogP contribution in [0.15, 0.2) is 24.3 Å². The molecule has 0 saturated heterocycles. The number of ether oxygens (including phenoxy) is 1. The lowest BCUT2D eigenvalue weighted by molar-refractivity contribution is 0.341. The Labute approximate surface area is 78.2 Å². The van der Waals surface area contributed by atoms with Crippen LogP contribution in [-0.2, 0) is 0 Å². The Hall–Kier alpha value is -1.62. The van der Waals surface area contributed by atoms with Crippen LogP contribution in [0.25, 0.3) is 0 Å². The van der Waals surface area contributed by atoms with Gasteiger partial charge in [0.25, 0.3) is 0 Å². The Morgan fingerprint density at radius 2 is 2.08 bits per heavy atom. The molecule has 1 aromatic rings. The highest BCUT2D eigenvalue weighted by atomic mass is 16.5. The van der Waals surface area contributed by atoms with Gasteiger partial charge in [0, 0.05) is 6.42 Å². The molecule has 0 aliphatic rings. The second-order valence-electron chi connectivity index (χ2n) is 2.46. The number of hydrogen-bond donors (Lipinski definition) is 1. The summed E-state index contributed by atoms with van der Waals surface area (Å²) < 4.78 is 5.22. The predicted molar refractivity (Wildman–Crippen MR) is 51.7 cm³/mol. The summed E-state index contributed by atoms with van der Waals surface area (Å²) >= 11 is 0. The molecule has 0 aliphatic heterocycles. The minimum atomic E-state index is 0.154. The summed E-state index contributed by atoms with van der Waals surface area (Å²) in [7, 11) is 0. The summed E-state index contributed by atoms with van der Waals surface area (Å²) in [4.78, 5) is 0. The zero-order chi connectivity index (χ0) is 9.52. The Morgan fingerprint density at radius 3 is 2.77 bits per heavy atom. The summed E-state index contributed by atoms with van der Waals surface area (Å²) in [5, 5.41) is 9.29. The third-order valence-electron chi connectivity index (χ3n) is 1.47. The van der Waals surface area contributed by atoms with Gasteiger partial charge in [-0.3, -0.25) is 0 Å². The second kappa shape index (κ2) is 5.10. The molecule has 1 N–H and O–H groups in total. The zero-order valence-corrected chi connectivity index (χ0v) is 7.58. The van der Waals surface area contributed by atoms with Crippen LogP contribution in [0.5, 0.6) is 11.5 Å². The van der Waals surface area contributed by atoms with Crippen molar-refractivity contribution in [2.75, 3.05) is 6.61 Å². The lowest BCUT2D eigenvalue weighted by Crippen LogP contribution is -1.93. The number of benzene rings is 1. The van der Waals surface area contributed by atoms with E-state index < -0.39 is 0 Å². The van der Waals surface area contributed by atoms with Crippen LogP contribution in [-0.4, -0.2) is 11.7 Å². The molecular formula is C11H12O2. The molecule has 0 bridgehead atoms. The molecule has 0 atom stereocenters. The molecule has 2 nitrogen and oxygen atoms in total. The lowest BCUT2D eigenvalue weighted by Gasteiger charge is -2.02. The standard InChI is InChI=1S/C11H12O2/c1-2-3-6-9-13-11-8-5-4-7-10(11)12/h4-5,7-8,12H,2,9H2,1H3. The Bertz CT molecular complexity index is 320. The SMILES string of the molecule is CCC#CCOc1ccccc1O. The van der Waals surface area contributed by atoms with Crippen LogP contribution in [0.3, 0.4) is 0 Å². The van der Waals surface area contributed by atoms with Crippen molar-refractivity contribution in [1.82, 2.24) is 0 Å². The molecule has 0 spiro atoms. The average Bonchev–Trinajstić information content (AvgIpc) is 2.15. The molecule has 1 rings (SSSR count). The molecule has 1 aromatic carbocycles. The van der Waals surface area contributed by atoms with E-state index in [-0.39, 0.29) is 5.75 Å². The second-order valence-corrected chi connectivity index (χ2v) is 2.46. The molecule has 2 heteroatoms. The molecule has 13 heavy (non-hydrogen) atoms. The van der Waals surface area contributed by atoms with Crippen LogP contribution >= 0.6 is 0 Å². The molecule has 0 unspecified atom stereocenters. The highest BCUT2D eigenvalue weighted by molar-refractivity contribution is 5.38. The number of phenolic OH excluding ortho intramolecular Hbond substituents is 1. The van der Waals surface area contributed by atoms with Crippen LogP contribution in [0.4, 0.5) is 0 Å². The van der Waals surface area contributed by atoms with E-state index in [0.29, 0.717) is 12.4 Å². The van der Waals surface area contributed by atoms with Crippen LogP contribution in [0, 0.1) is 11.8 Å². The van der Waals surface area contributed by atoms with Crippen LogP contribution in [0.2, 0.25) is 0 Å². The maximum absolute atomic E-state index is 9.29. The van der Waals surface area contributed by atoms with Gasteiger partial charge in [-0.05, 0) is 12.1 Å². The minimum Gasteiger partial charge on any atom is -0.504 e. The topological polar surface area (TPSA) is 29.5 Å². The molecule has 68 valence electrons. The molecule has 0 aromatic heterocycles. The van der Waals surface area contributed by atoms with Gasteiger partial charge in [0.15, 0.2) is 11.5 Å². The van der Waals surface area contributed by atoms with E-state index in [1.165, 1.54) is 0 Å². The number of rotatable bonds is 2. The quantitative estimate of drug-likeness (QED) is 0.700. The van der Waals surface area contributed by atoms with Crippen LogP contribution in [0.1, 0.15) is 13.3 Å². The highest BCUT2D eigenvalue weighted by Gasteiger charge is 1.97. The first-order chi connectivity index (χ1) is 6.34. The Morgan fingerprint density at radius 1 is 1.31 bits per heavy atom. The van der Waals surface area contributed by atoms with Gasteiger partial charge in [0.05, 0.1) is 0 Å². The monoisotopic (exact) mass is 176 g/mol. The van der Waals surface area contributed by atoms with Crippen molar-refractivity contribution in [2.24, 2.45) is 0 Å². The normalized spacial score (nSPS) is 8.69. The predicted octanol–water partition coefficient (Wildman–Crippen LogP) is 2.18. The zero-order valence-electron chi connectivity index (χ0n) is 7.58. The third kappa shape index (κ3) is 3.08. The first kappa shape index (κ1) is 9.47. The van der Waals surface area contributed by atoms with Crippen molar-refractivity contribution >= 4 is 0 Å². The lowest BCUT2D eigenvalue weighted by atomic mass is 10.3. The van der Waals surface area contributed by atoms with Crippen molar-refractivity contribution in [3.05, 3.63) is 24.3 Å². The first-order valence-electron chi connectivity index (χ1n) is 4.21. The molecule has 0 aliphatic carbocycles. The van der Waals surface area contributed by atoms with E-state index in [1.54, 1.807) is 18.2 Å². The Balaban J connectivity index is 2.50. The molecule has 0 saturated carbocycles. The molecule has 0 heterocycles. The number of para-hydroxylation sites is 2. The largest absolute Gasteiger partial charge is 0.504 e. The van der Waals surface area contributed by atoms with Crippen molar-refractivity contribution < 1.29 is 9.84 Å². The number of aromatic hydroxyl groups is 1. The van der Waals surface area contributed by atoms with E-state index in [0.717, 1.165) is 6.42 Å².